The van der Waals surface area contributed by atoms with Crippen LogP contribution in [-0.2, 0) is 20.6 Å². The van der Waals surface area contributed by atoms with E-state index in [0.717, 1.165) is 12.0 Å². The fourth-order valence-electron chi connectivity index (χ4n) is 3.00. The molecule has 8 heteroatoms. The predicted octanol–water partition coefficient (Wildman–Crippen LogP) is 5.17. The Morgan fingerprint density at radius 3 is 2.21 bits per heavy atom. The Kier molecular flexibility index (Phi) is 8.41. The second-order valence-electron chi connectivity index (χ2n) is 7.53. The molecule has 0 aliphatic carbocycles. The summed E-state index contributed by atoms with van der Waals surface area (Å²) in [5.41, 5.74) is 2.40. The molecule has 0 heterocycles. The van der Waals surface area contributed by atoms with E-state index in [1.54, 1.807) is 36.0 Å². The molecule has 0 saturated heterocycles. The first-order valence-corrected chi connectivity index (χ1v) is 13.4. The van der Waals surface area contributed by atoms with Gasteiger partial charge < -0.3 is 10.1 Å². The summed E-state index contributed by atoms with van der Waals surface area (Å²) in [4.78, 5) is 13.9. The van der Waals surface area contributed by atoms with Crippen molar-refractivity contribution >= 4 is 39.1 Å². The maximum absolute atomic E-state index is 12.7. The maximum atomic E-state index is 12.7. The number of thioether (sulfide) groups is 1. The summed E-state index contributed by atoms with van der Waals surface area (Å²) in [5, 5.41) is 2.91. The van der Waals surface area contributed by atoms with Gasteiger partial charge in [0.05, 0.1) is 11.9 Å². The largest absolute Gasteiger partial charge is 0.481 e. The minimum Gasteiger partial charge on any atom is -0.481 e. The van der Waals surface area contributed by atoms with Crippen LogP contribution in [0, 0.1) is 0 Å². The zero-order chi connectivity index (χ0) is 23.8. The van der Waals surface area contributed by atoms with Crippen LogP contribution in [0.3, 0.4) is 0 Å². The topological polar surface area (TPSA) is 75.7 Å². The summed E-state index contributed by atoms with van der Waals surface area (Å²) in [6.45, 7) is 1.87. The highest BCUT2D eigenvalue weighted by Crippen LogP contribution is 2.24. The molecule has 3 aromatic rings. The van der Waals surface area contributed by atoms with Crippen molar-refractivity contribution in [2.24, 2.45) is 0 Å². The Hall–Kier alpha value is -2.97. The van der Waals surface area contributed by atoms with E-state index in [9.17, 15) is 13.2 Å². The Labute approximate surface area is 200 Å². The summed E-state index contributed by atoms with van der Waals surface area (Å²) >= 11 is 1.76. The molecule has 0 aliphatic rings. The molecular formula is C25H28N2O4S2. The van der Waals surface area contributed by atoms with Crippen LogP contribution >= 0.6 is 11.8 Å². The molecule has 0 aromatic heterocycles. The number of carbonyl (C=O) groups is 1. The molecule has 3 rings (SSSR count). The van der Waals surface area contributed by atoms with Crippen LogP contribution in [0.15, 0.2) is 83.8 Å². The molecule has 0 saturated carbocycles. The van der Waals surface area contributed by atoms with Crippen LogP contribution in [0.2, 0.25) is 0 Å². The van der Waals surface area contributed by atoms with E-state index >= 15 is 0 Å². The highest BCUT2D eigenvalue weighted by molar-refractivity contribution is 7.98. The number of nitrogens with zero attached hydrogens (tertiary/aromatic N) is 1. The van der Waals surface area contributed by atoms with Gasteiger partial charge in [0.2, 0.25) is 10.0 Å². The van der Waals surface area contributed by atoms with Crippen molar-refractivity contribution in [2.75, 3.05) is 22.9 Å². The number of carbonyl (C=O) groups excluding carboxylic acids is 1. The SMILES string of the molecule is CC[C@@H](Oc1ccc(N(C)S(C)(=O)=O)cc1)C(=O)Nc1ccc(CSc2ccccc2)cc1. The van der Waals surface area contributed by atoms with Crippen molar-refractivity contribution in [3.8, 4) is 5.75 Å². The third-order valence-electron chi connectivity index (χ3n) is 5.01. The Balaban J connectivity index is 1.56. The van der Waals surface area contributed by atoms with Crippen LogP contribution in [-0.4, -0.2) is 33.7 Å². The summed E-state index contributed by atoms with van der Waals surface area (Å²) in [6.07, 6.45) is 0.961. The van der Waals surface area contributed by atoms with E-state index in [-0.39, 0.29) is 5.91 Å². The number of sulfonamides is 1. The fraction of sp³-hybridized carbons (Fsp3) is 0.240. The van der Waals surface area contributed by atoms with Gasteiger partial charge in [0.1, 0.15) is 5.75 Å². The minimum absolute atomic E-state index is 0.235. The Morgan fingerprint density at radius 1 is 1.00 bits per heavy atom. The number of anilines is 2. The van der Waals surface area contributed by atoms with E-state index in [1.807, 2.05) is 49.4 Å². The number of ether oxygens (including phenoxy) is 1. The number of nitrogens with one attached hydrogen (secondary N) is 1. The highest BCUT2D eigenvalue weighted by Gasteiger charge is 2.19. The molecule has 0 aliphatic heterocycles. The lowest BCUT2D eigenvalue weighted by Crippen LogP contribution is -2.32. The van der Waals surface area contributed by atoms with Gasteiger partial charge in [0, 0.05) is 23.4 Å². The lowest BCUT2D eigenvalue weighted by Gasteiger charge is -2.19. The fourth-order valence-corrected chi connectivity index (χ4v) is 4.38. The number of hydrogen-bond donors (Lipinski definition) is 1. The van der Waals surface area contributed by atoms with Crippen molar-refractivity contribution < 1.29 is 17.9 Å². The summed E-state index contributed by atoms with van der Waals surface area (Å²) in [7, 11) is -1.85. The van der Waals surface area contributed by atoms with Gasteiger partial charge in [0.25, 0.3) is 5.91 Å². The molecule has 3 aromatic carbocycles. The van der Waals surface area contributed by atoms with Gasteiger partial charge in [-0.25, -0.2) is 8.42 Å². The number of hydrogen-bond acceptors (Lipinski definition) is 5. The summed E-state index contributed by atoms with van der Waals surface area (Å²) < 4.78 is 30.4. The van der Waals surface area contributed by atoms with Crippen LogP contribution in [0.1, 0.15) is 18.9 Å². The number of benzene rings is 3. The first kappa shape index (κ1) is 24.7. The van der Waals surface area contributed by atoms with Crippen molar-refractivity contribution in [3.05, 3.63) is 84.4 Å². The smallest absolute Gasteiger partial charge is 0.265 e. The summed E-state index contributed by atoms with van der Waals surface area (Å²) in [5.74, 6) is 1.11. The van der Waals surface area contributed by atoms with Gasteiger partial charge in [-0.3, -0.25) is 9.10 Å². The molecule has 1 amide bonds. The van der Waals surface area contributed by atoms with Gasteiger partial charge in [-0.15, -0.1) is 11.8 Å². The average Bonchev–Trinajstić information content (AvgIpc) is 2.82. The van der Waals surface area contributed by atoms with Crippen molar-refractivity contribution in [2.45, 2.75) is 30.1 Å². The van der Waals surface area contributed by atoms with Gasteiger partial charge in [0.15, 0.2) is 6.10 Å². The van der Waals surface area contributed by atoms with Crippen LogP contribution in [0.25, 0.3) is 0 Å². The number of rotatable bonds is 10. The molecule has 174 valence electrons. The predicted molar refractivity (Wildman–Crippen MR) is 135 cm³/mol. The number of amides is 1. The normalized spacial score (nSPS) is 12.1. The molecule has 1 atom stereocenters. The third-order valence-corrected chi connectivity index (χ3v) is 7.30. The zero-order valence-corrected chi connectivity index (χ0v) is 20.5. The third kappa shape index (κ3) is 7.27. The quantitative estimate of drug-likeness (QED) is 0.402. The molecule has 6 nitrogen and oxygen atoms in total. The van der Waals surface area contributed by atoms with E-state index < -0.39 is 16.1 Å². The van der Waals surface area contributed by atoms with Crippen LogP contribution < -0.4 is 14.4 Å². The molecule has 1 N–H and O–H groups in total. The van der Waals surface area contributed by atoms with Crippen LogP contribution in [0.4, 0.5) is 11.4 Å². The lowest BCUT2D eigenvalue weighted by atomic mass is 10.2. The van der Waals surface area contributed by atoms with Crippen LogP contribution in [0.5, 0.6) is 5.75 Å². The minimum atomic E-state index is -3.34. The molecule has 0 radical (unpaired) electrons. The van der Waals surface area contributed by atoms with E-state index in [0.29, 0.717) is 23.5 Å². The average molecular weight is 485 g/mol. The molecular weight excluding hydrogens is 456 g/mol. The second-order valence-corrected chi connectivity index (χ2v) is 10.6. The van der Waals surface area contributed by atoms with Gasteiger partial charge >= 0.3 is 0 Å². The molecule has 0 spiro atoms. The first-order chi connectivity index (χ1) is 15.8. The van der Waals surface area contributed by atoms with Gasteiger partial charge in [-0.1, -0.05) is 37.3 Å². The molecule has 0 bridgehead atoms. The maximum Gasteiger partial charge on any atom is 0.265 e. The Bertz CT molecular complexity index is 1150. The van der Waals surface area contributed by atoms with Crippen molar-refractivity contribution in [3.63, 3.8) is 0 Å². The standard InChI is InChI=1S/C25H28N2O4S2/c1-4-24(31-22-16-14-21(15-17-22)27(2)33(3,29)30)25(28)26-20-12-10-19(11-13-20)18-32-23-8-6-5-7-9-23/h5-17,24H,4,18H2,1-3H3,(H,26,28)/t24-/m1/s1. The Morgan fingerprint density at radius 2 is 1.64 bits per heavy atom. The second kappa shape index (κ2) is 11.2. The molecule has 0 fully saturated rings. The monoisotopic (exact) mass is 484 g/mol. The summed E-state index contributed by atoms with van der Waals surface area (Å²) in [6, 6.07) is 24.6. The molecule has 33 heavy (non-hydrogen) atoms. The van der Waals surface area contributed by atoms with E-state index in [2.05, 4.69) is 17.4 Å². The van der Waals surface area contributed by atoms with Crippen molar-refractivity contribution in [1.82, 2.24) is 0 Å². The molecule has 0 unspecified atom stereocenters. The van der Waals surface area contributed by atoms with Gasteiger partial charge in [-0.05, 0) is 60.5 Å². The van der Waals surface area contributed by atoms with E-state index in [1.165, 1.54) is 21.8 Å². The lowest BCUT2D eigenvalue weighted by molar-refractivity contribution is -0.122. The highest BCUT2D eigenvalue weighted by atomic mass is 32.2. The van der Waals surface area contributed by atoms with Gasteiger partial charge in [-0.2, -0.15) is 0 Å². The first-order valence-electron chi connectivity index (χ1n) is 10.5. The zero-order valence-electron chi connectivity index (χ0n) is 18.9. The van der Waals surface area contributed by atoms with Crippen molar-refractivity contribution in [1.29, 1.82) is 0 Å². The van der Waals surface area contributed by atoms with E-state index in [4.69, 9.17) is 4.74 Å².